The van der Waals surface area contributed by atoms with Gasteiger partial charge in [-0.3, -0.25) is 9.59 Å². The molecule has 2 aliphatic heterocycles. The van der Waals surface area contributed by atoms with Crippen LogP contribution < -0.4 is 11.1 Å². The van der Waals surface area contributed by atoms with Crippen molar-refractivity contribution >= 4 is 39.1 Å². The van der Waals surface area contributed by atoms with Gasteiger partial charge in [0.15, 0.2) is 0 Å². The molecule has 4 heterocycles. The molecule has 37 heavy (non-hydrogen) atoms. The van der Waals surface area contributed by atoms with Crippen LogP contribution in [0.5, 0.6) is 0 Å². The van der Waals surface area contributed by atoms with E-state index >= 15 is 0 Å². The molecule has 200 valence electrons. The second kappa shape index (κ2) is 11.2. The van der Waals surface area contributed by atoms with Crippen molar-refractivity contribution in [2.24, 2.45) is 0 Å². The number of hydrogen-bond donors (Lipinski definition) is 3. The number of carbonyl (C=O) groups is 2. The number of thiophene rings is 1. The van der Waals surface area contributed by atoms with E-state index in [1.165, 1.54) is 11.3 Å². The van der Waals surface area contributed by atoms with E-state index in [-0.39, 0.29) is 19.5 Å². The summed E-state index contributed by atoms with van der Waals surface area (Å²) in [6.45, 7) is 6.85. The number of aromatic nitrogens is 1. The molecule has 4 N–H and O–H groups in total. The Morgan fingerprint density at radius 1 is 1.41 bits per heavy atom. The number of nitrogens with two attached hydrogens (primary N) is 1. The summed E-state index contributed by atoms with van der Waals surface area (Å²) < 4.78 is 12.2. The lowest BCUT2D eigenvalue weighted by Gasteiger charge is -2.40. The number of anilines is 1. The number of esters is 1. The molecule has 0 spiro atoms. The zero-order valence-electron chi connectivity index (χ0n) is 21.5. The van der Waals surface area contributed by atoms with E-state index in [2.05, 4.69) is 10.3 Å². The molecule has 4 rings (SSSR count). The van der Waals surface area contributed by atoms with Crippen molar-refractivity contribution in [2.75, 3.05) is 32.0 Å². The molecule has 0 saturated carbocycles. The quantitative estimate of drug-likeness (QED) is 0.420. The fraction of sp³-hybridized carbons (Fsp3) is 0.500. The molecular weight excluding hydrogens is 494 g/mol. The number of hydrazine groups is 1. The van der Waals surface area contributed by atoms with Crippen LogP contribution in [0.25, 0.3) is 10.1 Å². The molecule has 0 radical (unpaired) electrons. The number of aliphatic hydroxyl groups is 1. The first-order chi connectivity index (χ1) is 17.5. The van der Waals surface area contributed by atoms with Crippen LogP contribution in [0.2, 0.25) is 0 Å². The fourth-order valence-corrected chi connectivity index (χ4v) is 5.47. The Kier molecular flexibility index (Phi) is 8.17. The summed E-state index contributed by atoms with van der Waals surface area (Å²) in [5.74, 6) is 0.274. The molecule has 2 aliphatic rings. The van der Waals surface area contributed by atoms with Crippen molar-refractivity contribution in [1.29, 1.82) is 0 Å². The Balaban J connectivity index is 1.47. The van der Waals surface area contributed by atoms with Crippen molar-refractivity contribution in [3.63, 3.8) is 0 Å². The molecule has 0 bridgehead atoms. The highest BCUT2D eigenvalue weighted by atomic mass is 32.1. The highest BCUT2D eigenvalue weighted by Crippen LogP contribution is 2.31. The predicted octanol–water partition coefficient (Wildman–Crippen LogP) is 2.70. The van der Waals surface area contributed by atoms with Gasteiger partial charge in [-0.1, -0.05) is 6.08 Å². The average molecular weight is 530 g/mol. The number of rotatable bonds is 9. The predicted molar refractivity (Wildman–Crippen MR) is 142 cm³/mol. The number of amides is 1. The third kappa shape index (κ3) is 6.67. The first-order valence-electron chi connectivity index (χ1n) is 12.4. The number of hydrogen-bond acceptors (Lipinski definition) is 10. The molecule has 0 aromatic carbocycles. The van der Waals surface area contributed by atoms with Gasteiger partial charge < -0.3 is 25.6 Å². The van der Waals surface area contributed by atoms with E-state index in [4.69, 9.17) is 15.2 Å². The van der Waals surface area contributed by atoms with Crippen molar-refractivity contribution < 1.29 is 24.2 Å². The summed E-state index contributed by atoms with van der Waals surface area (Å²) in [5.41, 5.74) is 3.52. The van der Waals surface area contributed by atoms with Crippen molar-refractivity contribution in [3.05, 3.63) is 47.2 Å². The van der Waals surface area contributed by atoms with Gasteiger partial charge in [0.1, 0.15) is 24.6 Å². The van der Waals surface area contributed by atoms with Crippen LogP contribution in [0, 0.1) is 0 Å². The average Bonchev–Trinajstić information content (AvgIpc) is 3.44. The number of pyridine rings is 1. The maximum absolute atomic E-state index is 13.3. The molecule has 2 aromatic rings. The SMILES string of the molecule is CC(C)(C)OC(=O)CN(CCC1=CC=CCO1)N1CCC[C@]1(O)C(=O)NCc1cc2c(N)nccc2s1. The van der Waals surface area contributed by atoms with Gasteiger partial charge in [0, 0.05) is 47.1 Å². The molecular formula is C26H35N5O5S. The van der Waals surface area contributed by atoms with E-state index in [0.717, 1.165) is 20.7 Å². The molecule has 0 aliphatic carbocycles. The lowest BCUT2D eigenvalue weighted by molar-refractivity contribution is -0.203. The monoisotopic (exact) mass is 529 g/mol. The number of carbonyl (C=O) groups excluding carboxylic acids is 2. The van der Waals surface area contributed by atoms with Gasteiger partial charge in [-0.05, 0) is 51.5 Å². The van der Waals surface area contributed by atoms with Crippen LogP contribution in [-0.2, 0) is 25.6 Å². The van der Waals surface area contributed by atoms with Crippen molar-refractivity contribution in [1.82, 2.24) is 20.3 Å². The third-order valence-corrected chi connectivity index (χ3v) is 7.21. The normalized spacial score (nSPS) is 20.2. The number of nitrogen functional groups attached to an aromatic ring is 1. The molecule has 1 fully saturated rings. The van der Waals surface area contributed by atoms with Gasteiger partial charge in [-0.15, -0.1) is 11.3 Å². The minimum Gasteiger partial charge on any atom is -0.494 e. The molecule has 2 aromatic heterocycles. The smallest absolute Gasteiger partial charge is 0.322 e. The van der Waals surface area contributed by atoms with E-state index in [9.17, 15) is 14.7 Å². The Hall–Kier alpha value is -2.99. The highest BCUT2D eigenvalue weighted by Gasteiger charge is 2.49. The number of nitrogens with one attached hydrogen (secondary N) is 1. The second-order valence-corrected chi connectivity index (χ2v) is 11.3. The Bertz CT molecular complexity index is 1200. The first-order valence-corrected chi connectivity index (χ1v) is 13.2. The number of ether oxygens (including phenoxy) is 2. The first kappa shape index (κ1) is 27.1. The minimum atomic E-state index is -1.79. The van der Waals surface area contributed by atoms with Gasteiger partial charge in [0.05, 0.1) is 12.3 Å². The second-order valence-electron chi connectivity index (χ2n) is 10.1. The summed E-state index contributed by atoms with van der Waals surface area (Å²) in [6, 6.07) is 3.78. The molecule has 11 heteroatoms. The van der Waals surface area contributed by atoms with E-state index in [1.54, 1.807) is 37.0 Å². The summed E-state index contributed by atoms with van der Waals surface area (Å²) in [4.78, 5) is 31.1. The summed E-state index contributed by atoms with van der Waals surface area (Å²) in [6.07, 6.45) is 8.72. The summed E-state index contributed by atoms with van der Waals surface area (Å²) in [7, 11) is 0. The van der Waals surface area contributed by atoms with Gasteiger partial charge in [0.25, 0.3) is 5.91 Å². The Labute approximate surface area is 220 Å². The van der Waals surface area contributed by atoms with Crippen molar-refractivity contribution in [3.8, 4) is 0 Å². The van der Waals surface area contributed by atoms with Gasteiger partial charge in [-0.25, -0.2) is 15.0 Å². The summed E-state index contributed by atoms with van der Waals surface area (Å²) >= 11 is 1.51. The minimum absolute atomic E-state index is 0.0986. The molecule has 10 nitrogen and oxygen atoms in total. The van der Waals surface area contributed by atoms with Crippen LogP contribution in [-0.4, -0.2) is 69.6 Å². The van der Waals surface area contributed by atoms with E-state index in [0.29, 0.717) is 38.4 Å². The van der Waals surface area contributed by atoms with Gasteiger partial charge in [-0.2, -0.15) is 0 Å². The topological polar surface area (TPSA) is 130 Å². The molecule has 1 saturated heterocycles. The number of nitrogens with zero attached hydrogens (tertiary/aromatic N) is 3. The fourth-order valence-electron chi connectivity index (χ4n) is 4.46. The number of allylic oxidation sites excluding steroid dienone is 2. The van der Waals surface area contributed by atoms with Gasteiger partial charge >= 0.3 is 5.97 Å². The third-order valence-electron chi connectivity index (χ3n) is 6.11. The van der Waals surface area contributed by atoms with E-state index in [1.807, 2.05) is 30.4 Å². The highest BCUT2D eigenvalue weighted by molar-refractivity contribution is 7.19. The molecule has 1 amide bonds. The maximum Gasteiger partial charge on any atom is 0.322 e. The van der Waals surface area contributed by atoms with Gasteiger partial charge in [0.2, 0.25) is 5.72 Å². The maximum atomic E-state index is 13.3. The standard InChI is InChI=1S/C26H35N5O5S/c1-25(2,3)36-22(32)17-30(13-9-18-7-4-5-14-35-18)31-12-6-10-26(31,34)24(33)29-16-19-15-20-21(37-19)8-11-28-23(20)27/h4-5,7-8,11,15,34H,6,9-10,12-14,16-17H2,1-3H3,(H2,27,28)(H,29,33)/t26-/m0/s1. The lowest BCUT2D eigenvalue weighted by atomic mass is 10.1. The Morgan fingerprint density at radius 2 is 2.22 bits per heavy atom. The van der Waals surface area contributed by atoms with Crippen LogP contribution in [0.3, 0.4) is 0 Å². The zero-order chi connectivity index (χ0) is 26.6. The zero-order valence-corrected chi connectivity index (χ0v) is 22.3. The lowest BCUT2D eigenvalue weighted by Crippen LogP contribution is -2.62. The van der Waals surface area contributed by atoms with Crippen LogP contribution in [0.1, 0.15) is 44.9 Å². The van der Waals surface area contributed by atoms with Crippen LogP contribution in [0.4, 0.5) is 5.82 Å². The largest absolute Gasteiger partial charge is 0.494 e. The molecule has 0 unspecified atom stereocenters. The van der Waals surface area contributed by atoms with Crippen LogP contribution >= 0.6 is 11.3 Å². The van der Waals surface area contributed by atoms with Crippen LogP contribution in [0.15, 0.2) is 42.3 Å². The number of fused-ring (bicyclic) bond motifs is 1. The van der Waals surface area contributed by atoms with E-state index < -0.39 is 23.2 Å². The summed E-state index contributed by atoms with van der Waals surface area (Å²) in [5, 5.41) is 18.6. The molecule has 1 atom stereocenters. The Morgan fingerprint density at radius 3 is 2.92 bits per heavy atom. The van der Waals surface area contributed by atoms with Crippen molar-refractivity contribution in [2.45, 2.75) is 57.9 Å².